The Morgan fingerprint density at radius 2 is 2.07 bits per heavy atom. The van der Waals surface area contributed by atoms with Crippen LogP contribution in [-0.4, -0.2) is 34.1 Å². The number of carbonyl (C=O) groups excluding carboxylic acids is 1. The van der Waals surface area contributed by atoms with Gasteiger partial charge in [-0.05, 0) is 69.0 Å². The van der Waals surface area contributed by atoms with Crippen LogP contribution >= 0.6 is 23.2 Å². The maximum Gasteiger partial charge on any atom is 0.334 e. The molecule has 0 radical (unpaired) electrons. The van der Waals surface area contributed by atoms with E-state index in [0.717, 1.165) is 11.3 Å². The standard InChI is InChI=1S/C20H24Cl2N2O3/c1-20(2,3)27-18(25)15(6-5-9-21)12-14-7-8-16(17(13-14)26-4)24-11-10-23-19(24)22/h7-8,10-13H,5-6,9H2,1-4H3/b15-12-. The fraction of sp³-hybridized carbons (Fsp3) is 0.400. The first kappa shape index (κ1) is 21.3. The van der Waals surface area contributed by atoms with Crippen LogP contribution in [0.5, 0.6) is 5.75 Å². The van der Waals surface area contributed by atoms with Crippen molar-refractivity contribution in [2.45, 2.75) is 39.2 Å². The van der Waals surface area contributed by atoms with Crippen molar-refractivity contribution in [3.63, 3.8) is 0 Å². The molecule has 0 aliphatic heterocycles. The topological polar surface area (TPSA) is 53.4 Å². The van der Waals surface area contributed by atoms with Crippen molar-refractivity contribution in [3.05, 3.63) is 47.0 Å². The molecule has 27 heavy (non-hydrogen) atoms. The summed E-state index contributed by atoms with van der Waals surface area (Å²) in [5.41, 5.74) is 1.59. The smallest absolute Gasteiger partial charge is 0.334 e. The number of benzene rings is 1. The van der Waals surface area contributed by atoms with E-state index in [2.05, 4.69) is 4.98 Å². The average Bonchev–Trinajstić information content (AvgIpc) is 3.02. The quantitative estimate of drug-likeness (QED) is 0.354. The summed E-state index contributed by atoms with van der Waals surface area (Å²) in [4.78, 5) is 16.5. The Morgan fingerprint density at radius 3 is 2.63 bits per heavy atom. The molecule has 2 aromatic rings. The molecule has 0 bridgehead atoms. The van der Waals surface area contributed by atoms with Gasteiger partial charge >= 0.3 is 5.97 Å². The van der Waals surface area contributed by atoms with E-state index >= 15 is 0 Å². The van der Waals surface area contributed by atoms with E-state index < -0.39 is 5.60 Å². The van der Waals surface area contributed by atoms with Gasteiger partial charge in [-0.15, -0.1) is 11.6 Å². The first-order chi connectivity index (χ1) is 12.7. The van der Waals surface area contributed by atoms with E-state index in [0.29, 0.717) is 35.3 Å². The minimum Gasteiger partial charge on any atom is -0.495 e. The maximum atomic E-state index is 12.5. The lowest BCUT2D eigenvalue weighted by molar-refractivity contribution is -0.149. The number of ether oxygens (including phenoxy) is 2. The molecule has 2 rings (SSSR count). The van der Waals surface area contributed by atoms with Gasteiger partial charge in [0.1, 0.15) is 11.4 Å². The maximum absolute atomic E-state index is 12.5. The lowest BCUT2D eigenvalue weighted by Crippen LogP contribution is -2.25. The summed E-state index contributed by atoms with van der Waals surface area (Å²) in [6.07, 6.45) is 6.40. The number of halogens is 2. The second-order valence-corrected chi connectivity index (χ2v) is 7.68. The Morgan fingerprint density at radius 1 is 1.33 bits per heavy atom. The van der Waals surface area contributed by atoms with Gasteiger partial charge in [-0.25, -0.2) is 9.78 Å². The van der Waals surface area contributed by atoms with Gasteiger partial charge in [0.25, 0.3) is 0 Å². The van der Waals surface area contributed by atoms with E-state index in [9.17, 15) is 4.79 Å². The summed E-state index contributed by atoms with van der Waals surface area (Å²) in [6.45, 7) is 5.53. The summed E-state index contributed by atoms with van der Waals surface area (Å²) in [7, 11) is 1.58. The number of alkyl halides is 1. The van der Waals surface area contributed by atoms with E-state index in [1.54, 1.807) is 24.1 Å². The van der Waals surface area contributed by atoms with Crippen LogP contribution in [0, 0.1) is 0 Å². The summed E-state index contributed by atoms with van der Waals surface area (Å²) in [5, 5.41) is 0.341. The third kappa shape index (κ3) is 6.01. The van der Waals surface area contributed by atoms with E-state index in [1.165, 1.54) is 0 Å². The number of rotatable bonds is 7. The molecule has 7 heteroatoms. The molecule has 0 amide bonds. The molecule has 0 aliphatic carbocycles. The number of hydrogen-bond donors (Lipinski definition) is 0. The molecule has 0 atom stereocenters. The van der Waals surface area contributed by atoms with E-state index in [1.807, 2.05) is 45.0 Å². The van der Waals surface area contributed by atoms with Crippen LogP contribution < -0.4 is 4.74 Å². The third-order valence-electron chi connectivity index (χ3n) is 3.64. The van der Waals surface area contributed by atoms with Crippen molar-refractivity contribution >= 4 is 35.2 Å². The Hall–Kier alpha value is -1.98. The number of aromatic nitrogens is 2. The van der Waals surface area contributed by atoms with E-state index in [-0.39, 0.29) is 5.97 Å². The number of esters is 1. The lowest BCUT2D eigenvalue weighted by atomic mass is 10.1. The fourth-order valence-corrected chi connectivity index (χ4v) is 2.82. The Bertz CT molecular complexity index is 823. The molecule has 0 unspecified atom stereocenters. The van der Waals surface area contributed by atoms with Crippen LogP contribution in [0.4, 0.5) is 0 Å². The number of methoxy groups -OCH3 is 1. The Balaban J connectivity index is 2.38. The highest BCUT2D eigenvalue weighted by Crippen LogP contribution is 2.28. The van der Waals surface area contributed by atoms with Gasteiger partial charge in [0.05, 0.1) is 12.8 Å². The van der Waals surface area contributed by atoms with Gasteiger partial charge in [0.15, 0.2) is 0 Å². The zero-order valence-electron chi connectivity index (χ0n) is 16.0. The lowest BCUT2D eigenvalue weighted by Gasteiger charge is -2.20. The summed E-state index contributed by atoms with van der Waals surface area (Å²) < 4.78 is 12.7. The first-order valence-corrected chi connectivity index (χ1v) is 9.53. The number of nitrogens with zero attached hydrogens (tertiary/aromatic N) is 2. The first-order valence-electron chi connectivity index (χ1n) is 8.62. The Kier molecular flexibility index (Phi) is 7.33. The second-order valence-electron chi connectivity index (χ2n) is 6.96. The molecule has 0 aliphatic rings. The zero-order valence-corrected chi connectivity index (χ0v) is 17.5. The average molecular weight is 411 g/mol. The predicted octanol–water partition coefficient (Wildman–Crippen LogP) is 5.28. The van der Waals surface area contributed by atoms with Crippen molar-refractivity contribution < 1.29 is 14.3 Å². The number of imidazole rings is 1. The third-order valence-corrected chi connectivity index (χ3v) is 4.19. The second kappa shape index (κ2) is 9.29. The highest BCUT2D eigenvalue weighted by atomic mass is 35.5. The SMILES string of the molecule is COc1cc(/C=C(/CCCCl)C(=O)OC(C)(C)C)ccc1-n1ccnc1Cl. The minimum atomic E-state index is -0.559. The van der Waals surface area contributed by atoms with Gasteiger partial charge in [-0.2, -0.15) is 0 Å². The van der Waals surface area contributed by atoms with Crippen molar-refractivity contribution in [1.82, 2.24) is 9.55 Å². The predicted molar refractivity (Wildman–Crippen MR) is 109 cm³/mol. The zero-order chi connectivity index (χ0) is 20.0. The highest BCUT2D eigenvalue weighted by Gasteiger charge is 2.20. The molecule has 146 valence electrons. The molecule has 0 fully saturated rings. The molecule has 0 spiro atoms. The normalized spacial score (nSPS) is 12.1. The van der Waals surface area contributed by atoms with Gasteiger partial charge in [0.2, 0.25) is 5.28 Å². The number of hydrogen-bond acceptors (Lipinski definition) is 4. The molecule has 0 saturated carbocycles. The molecule has 1 heterocycles. The molecular weight excluding hydrogens is 387 g/mol. The van der Waals surface area contributed by atoms with Crippen molar-refractivity contribution in [1.29, 1.82) is 0 Å². The summed E-state index contributed by atoms with van der Waals surface area (Å²) in [5.74, 6) is 0.750. The van der Waals surface area contributed by atoms with Gasteiger partial charge in [-0.1, -0.05) is 6.07 Å². The van der Waals surface area contributed by atoms with Crippen LogP contribution in [0.15, 0.2) is 36.2 Å². The molecule has 5 nitrogen and oxygen atoms in total. The number of carbonyl (C=O) groups is 1. The van der Waals surface area contributed by atoms with Gasteiger partial charge in [-0.3, -0.25) is 4.57 Å². The van der Waals surface area contributed by atoms with Gasteiger partial charge < -0.3 is 9.47 Å². The van der Waals surface area contributed by atoms with Crippen molar-refractivity contribution in [2.75, 3.05) is 13.0 Å². The van der Waals surface area contributed by atoms with E-state index in [4.69, 9.17) is 32.7 Å². The Labute approximate surface area is 169 Å². The van der Waals surface area contributed by atoms with Crippen molar-refractivity contribution in [3.8, 4) is 11.4 Å². The van der Waals surface area contributed by atoms with Crippen LogP contribution in [0.1, 0.15) is 39.2 Å². The van der Waals surface area contributed by atoms with Crippen LogP contribution in [0.25, 0.3) is 11.8 Å². The van der Waals surface area contributed by atoms with Crippen molar-refractivity contribution in [2.24, 2.45) is 0 Å². The van der Waals surface area contributed by atoms with Crippen LogP contribution in [-0.2, 0) is 9.53 Å². The monoisotopic (exact) mass is 410 g/mol. The largest absolute Gasteiger partial charge is 0.495 e. The molecular formula is C20H24Cl2N2O3. The molecule has 1 aromatic heterocycles. The highest BCUT2D eigenvalue weighted by molar-refractivity contribution is 6.28. The van der Waals surface area contributed by atoms with Crippen LogP contribution in [0.3, 0.4) is 0 Å². The minimum absolute atomic E-state index is 0.340. The molecule has 1 aromatic carbocycles. The molecule has 0 N–H and O–H groups in total. The summed E-state index contributed by atoms with van der Waals surface area (Å²) in [6, 6.07) is 5.60. The molecule has 0 saturated heterocycles. The fourth-order valence-electron chi connectivity index (χ4n) is 2.48. The van der Waals surface area contributed by atoms with Gasteiger partial charge in [0, 0.05) is 23.8 Å². The van der Waals surface area contributed by atoms with Crippen LogP contribution in [0.2, 0.25) is 5.28 Å². The summed E-state index contributed by atoms with van der Waals surface area (Å²) >= 11 is 11.9.